The van der Waals surface area contributed by atoms with E-state index in [4.69, 9.17) is 20.9 Å². The second kappa shape index (κ2) is 6.88. The van der Waals surface area contributed by atoms with Crippen LogP contribution in [0.2, 0.25) is 0 Å². The first-order chi connectivity index (χ1) is 10.8. The van der Waals surface area contributed by atoms with Gasteiger partial charge in [0.2, 0.25) is 5.13 Å². The van der Waals surface area contributed by atoms with Crippen molar-refractivity contribution < 1.29 is 19.1 Å². The highest BCUT2D eigenvalue weighted by Gasteiger charge is 2.13. The van der Waals surface area contributed by atoms with E-state index in [9.17, 15) is 9.59 Å². The first-order valence-corrected chi connectivity index (χ1v) is 7.29. The fraction of sp³-hybridized carbons (Fsp3) is 0.143. The lowest BCUT2D eigenvalue weighted by atomic mass is 10.1. The minimum absolute atomic E-state index is 0.0864. The summed E-state index contributed by atoms with van der Waals surface area (Å²) in [5.74, 6) is -0.862. The van der Waals surface area contributed by atoms with E-state index in [1.54, 1.807) is 17.5 Å². The van der Waals surface area contributed by atoms with Crippen molar-refractivity contribution in [2.75, 3.05) is 0 Å². The summed E-state index contributed by atoms with van der Waals surface area (Å²) in [7, 11) is 0. The van der Waals surface area contributed by atoms with Crippen LogP contribution in [0.15, 0.2) is 28.6 Å². The van der Waals surface area contributed by atoms with Crippen molar-refractivity contribution in [3.8, 4) is 22.8 Å². The molecule has 0 saturated heterocycles. The number of ether oxygens (including phenoxy) is 2. The zero-order chi connectivity index (χ0) is 17.0. The Balaban J connectivity index is 2.39. The van der Waals surface area contributed by atoms with Crippen LogP contribution in [0, 0.1) is 0 Å². The summed E-state index contributed by atoms with van der Waals surface area (Å²) in [4.78, 5) is 30.4. The van der Waals surface area contributed by atoms with Gasteiger partial charge in [-0.2, -0.15) is 4.99 Å². The van der Waals surface area contributed by atoms with Gasteiger partial charge >= 0.3 is 11.9 Å². The first kappa shape index (κ1) is 16.4. The topological polar surface area (TPSA) is 130 Å². The fourth-order valence-corrected chi connectivity index (χ4v) is 2.41. The molecule has 1 aromatic heterocycles. The van der Waals surface area contributed by atoms with Crippen molar-refractivity contribution in [2.45, 2.75) is 13.8 Å². The maximum Gasteiger partial charge on any atom is 0.308 e. The van der Waals surface area contributed by atoms with E-state index in [1.807, 2.05) is 0 Å². The van der Waals surface area contributed by atoms with E-state index in [2.05, 4.69) is 9.98 Å². The maximum absolute atomic E-state index is 11.2. The second-order valence-electron chi connectivity index (χ2n) is 4.40. The normalized spacial score (nSPS) is 10.0. The first-order valence-electron chi connectivity index (χ1n) is 6.41. The molecular formula is C14H14N4O4S. The van der Waals surface area contributed by atoms with Crippen LogP contribution in [0.3, 0.4) is 0 Å². The Labute approximate surface area is 135 Å². The van der Waals surface area contributed by atoms with Gasteiger partial charge in [-0.05, 0) is 18.2 Å². The van der Waals surface area contributed by atoms with Crippen LogP contribution < -0.4 is 20.9 Å². The molecule has 0 atom stereocenters. The SMILES string of the molecule is CC(=O)Oc1ccc(-c2csc(N=C(N)N)n2)cc1OC(C)=O. The summed E-state index contributed by atoms with van der Waals surface area (Å²) in [6.45, 7) is 2.51. The zero-order valence-corrected chi connectivity index (χ0v) is 13.2. The number of carbonyl (C=O) groups excluding carboxylic acids is 2. The number of aromatic nitrogens is 1. The molecule has 120 valence electrons. The minimum Gasteiger partial charge on any atom is -0.423 e. The molecule has 1 aromatic carbocycles. The Morgan fingerprint density at radius 1 is 1.13 bits per heavy atom. The molecule has 0 aliphatic carbocycles. The van der Waals surface area contributed by atoms with Crippen LogP contribution in [0.4, 0.5) is 5.13 Å². The molecule has 0 fully saturated rings. The predicted molar refractivity (Wildman–Crippen MR) is 85.6 cm³/mol. The molecular weight excluding hydrogens is 320 g/mol. The van der Waals surface area contributed by atoms with Crippen molar-refractivity contribution >= 4 is 34.4 Å². The van der Waals surface area contributed by atoms with Crippen molar-refractivity contribution in [2.24, 2.45) is 16.5 Å². The van der Waals surface area contributed by atoms with Gasteiger partial charge in [0, 0.05) is 24.8 Å². The van der Waals surface area contributed by atoms with Crippen LogP contribution in [0.1, 0.15) is 13.8 Å². The number of aliphatic imine (C=N–C) groups is 1. The molecule has 0 aliphatic heterocycles. The summed E-state index contributed by atoms with van der Waals surface area (Å²) in [6, 6.07) is 4.75. The van der Waals surface area contributed by atoms with Gasteiger partial charge < -0.3 is 20.9 Å². The number of hydrogen-bond donors (Lipinski definition) is 2. The number of nitrogens with two attached hydrogens (primary N) is 2. The largest absolute Gasteiger partial charge is 0.423 e. The molecule has 2 aromatic rings. The van der Waals surface area contributed by atoms with Crippen LogP contribution in [0.25, 0.3) is 11.3 Å². The molecule has 0 amide bonds. The van der Waals surface area contributed by atoms with Crippen molar-refractivity contribution in [1.82, 2.24) is 4.98 Å². The average Bonchev–Trinajstić information content (AvgIpc) is 2.87. The molecule has 0 aliphatic rings. The Hall–Kier alpha value is -2.94. The Kier molecular flexibility index (Phi) is 4.91. The Morgan fingerprint density at radius 3 is 2.39 bits per heavy atom. The molecule has 0 saturated carbocycles. The van der Waals surface area contributed by atoms with Crippen molar-refractivity contribution in [3.63, 3.8) is 0 Å². The van der Waals surface area contributed by atoms with Gasteiger partial charge in [0.25, 0.3) is 0 Å². The van der Waals surface area contributed by atoms with Gasteiger partial charge in [0.15, 0.2) is 17.5 Å². The van der Waals surface area contributed by atoms with E-state index >= 15 is 0 Å². The van der Waals surface area contributed by atoms with E-state index in [1.165, 1.54) is 31.3 Å². The summed E-state index contributed by atoms with van der Waals surface area (Å²) in [5.41, 5.74) is 11.9. The standard InChI is InChI=1S/C14H14N4O4S/c1-7(19)21-11-4-3-9(5-12(11)22-8(2)20)10-6-23-14(17-10)18-13(15)16/h3-6H,1-2H3,(H4,15,16,17,18). The molecule has 0 unspecified atom stereocenters. The third-order valence-corrected chi connectivity index (χ3v) is 3.20. The maximum atomic E-state index is 11.2. The molecule has 2 rings (SSSR count). The summed E-state index contributed by atoms with van der Waals surface area (Å²) < 4.78 is 10.1. The highest BCUT2D eigenvalue weighted by molar-refractivity contribution is 7.13. The molecule has 9 heteroatoms. The Bertz CT molecular complexity index is 781. The van der Waals surface area contributed by atoms with Crippen LogP contribution >= 0.6 is 11.3 Å². The number of esters is 2. The number of nitrogens with zero attached hydrogens (tertiary/aromatic N) is 2. The highest BCUT2D eigenvalue weighted by atomic mass is 32.1. The monoisotopic (exact) mass is 334 g/mol. The summed E-state index contributed by atoms with van der Waals surface area (Å²) in [5, 5.41) is 2.15. The van der Waals surface area contributed by atoms with E-state index in [0.29, 0.717) is 16.4 Å². The van der Waals surface area contributed by atoms with Crippen LogP contribution in [-0.2, 0) is 9.59 Å². The van der Waals surface area contributed by atoms with Gasteiger partial charge in [0.05, 0.1) is 5.69 Å². The summed E-state index contributed by atoms with van der Waals surface area (Å²) >= 11 is 1.26. The fourth-order valence-electron chi connectivity index (χ4n) is 1.70. The van der Waals surface area contributed by atoms with Crippen LogP contribution in [0.5, 0.6) is 11.5 Å². The lowest BCUT2D eigenvalue weighted by Crippen LogP contribution is -2.21. The number of thiazole rings is 1. The third kappa shape index (κ3) is 4.51. The number of guanidine groups is 1. The number of carbonyl (C=O) groups is 2. The molecule has 4 N–H and O–H groups in total. The van der Waals surface area contributed by atoms with Crippen molar-refractivity contribution in [1.29, 1.82) is 0 Å². The minimum atomic E-state index is -0.532. The average molecular weight is 334 g/mol. The highest BCUT2D eigenvalue weighted by Crippen LogP contribution is 2.34. The van der Waals surface area contributed by atoms with Gasteiger partial charge in [-0.1, -0.05) is 0 Å². The smallest absolute Gasteiger partial charge is 0.308 e. The summed E-state index contributed by atoms with van der Waals surface area (Å²) in [6.07, 6.45) is 0. The van der Waals surface area contributed by atoms with Gasteiger partial charge in [-0.3, -0.25) is 9.59 Å². The van der Waals surface area contributed by atoms with Gasteiger partial charge in [0.1, 0.15) is 0 Å². The molecule has 0 spiro atoms. The zero-order valence-electron chi connectivity index (χ0n) is 12.4. The third-order valence-electron chi connectivity index (χ3n) is 2.46. The van der Waals surface area contributed by atoms with E-state index in [0.717, 1.165) is 0 Å². The lowest BCUT2D eigenvalue weighted by molar-refractivity contribution is -0.134. The van der Waals surface area contributed by atoms with Crippen LogP contribution in [-0.4, -0.2) is 22.9 Å². The Morgan fingerprint density at radius 2 is 1.78 bits per heavy atom. The van der Waals surface area contributed by atoms with Gasteiger partial charge in [-0.25, -0.2) is 4.98 Å². The lowest BCUT2D eigenvalue weighted by Gasteiger charge is -2.09. The molecule has 0 radical (unpaired) electrons. The molecule has 0 bridgehead atoms. The second-order valence-corrected chi connectivity index (χ2v) is 5.24. The van der Waals surface area contributed by atoms with Gasteiger partial charge in [-0.15, -0.1) is 11.3 Å². The number of rotatable bonds is 4. The van der Waals surface area contributed by atoms with E-state index < -0.39 is 11.9 Å². The quantitative estimate of drug-likeness (QED) is 0.375. The molecule has 23 heavy (non-hydrogen) atoms. The molecule has 8 nitrogen and oxygen atoms in total. The predicted octanol–water partition coefficient (Wildman–Crippen LogP) is 1.57. The number of hydrogen-bond acceptors (Lipinski definition) is 7. The van der Waals surface area contributed by atoms with E-state index in [-0.39, 0.29) is 17.5 Å². The number of benzene rings is 1. The molecule has 1 heterocycles. The van der Waals surface area contributed by atoms with Crippen molar-refractivity contribution in [3.05, 3.63) is 23.6 Å².